The van der Waals surface area contributed by atoms with Crippen LogP contribution in [0.3, 0.4) is 0 Å². The number of thioether (sulfide) groups is 1. The highest BCUT2D eigenvalue weighted by Gasteiger charge is 2.21. The number of carbonyl (C=O) groups is 1. The highest BCUT2D eigenvalue weighted by atomic mass is 32.2. The lowest BCUT2D eigenvalue weighted by Gasteiger charge is -2.16. The van der Waals surface area contributed by atoms with Crippen molar-refractivity contribution in [1.82, 2.24) is 0 Å². The maximum Gasteiger partial charge on any atom is 0.186 e. The van der Waals surface area contributed by atoms with E-state index < -0.39 is 23.3 Å². The Labute approximate surface area is 146 Å². The molecule has 2 aromatic rings. The van der Waals surface area contributed by atoms with Crippen LogP contribution in [0.15, 0.2) is 47.5 Å². The van der Waals surface area contributed by atoms with E-state index in [-0.39, 0.29) is 5.78 Å². The Bertz CT molecular complexity index is 831. The number of hydrogen-bond acceptors (Lipinski definition) is 2. The molecule has 1 saturated heterocycles. The topological polar surface area (TPSA) is 17.1 Å². The van der Waals surface area contributed by atoms with Crippen LogP contribution in [0.4, 0.5) is 17.6 Å². The molecule has 6 heteroatoms. The largest absolute Gasteiger partial charge is 0.289 e. The summed E-state index contributed by atoms with van der Waals surface area (Å²) in [5.41, 5.74) is 1.65. The predicted molar refractivity (Wildman–Crippen MR) is 91.0 cm³/mol. The van der Waals surface area contributed by atoms with Gasteiger partial charge in [0.15, 0.2) is 29.1 Å². The zero-order valence-corrected chi connectivity index (χ0v) is 13.7. The van der Waals surface area contributed by atoms with Gasteiger partial charge in [0, 0.05) is 22.7 Å². The molecule has 0 amide bonds. The number of carbonyl (C=O) groups excluding carboxylic acids is 1. The van der Waals surface area contributed by atoms with E-state index in [9.17, 15) is 22.4 Å². The van der Waals surface area contributed by atoms with Gasteiger partial charge in [0.25, 0.3) is 0 Å². The van der Waals surface area contributed by atoms with E-state index in [0.717, 1.165) is 24.3 Å². The molecule has 1 heterocycles. The second kappa shape index (κ2) is 7.27. The first-order valence-electron chi connectivity index (χ1n) is 7.38. The maximum absolute atomic E-state index is 13.3. The summed E-state index contributed by atoms with van der Waals surface area (Å²) in [6.45, 7) is 0. The van der Waals surface area contributed by atoms with Crippen molar-refractivity contribution in [3.8, 4) is 0 Å². The fourth-order valence-corrected chi connectivity index (χ4v) is 3.40. The third kappa shape index (κ3) is 4.02. The summed E-state index contributed by atoms with van der Waals surface area (Å²) in [4.78, 5) is 12.6. The Balaban J connectivity index is 1.89. The lowest BCUT2D eigenvalue weighted by molar-refractivity contribution is -0.112. The SMILES string of the molecule is O=C1/C(=C/c2ccc(F)c(F)c2)CSC/C1=C\c1ccc(F)c(F)c1. The molecule has 128 valence electrons. The quantitative estimate of drug-likeness (QED) is 0.549. The van der Waals surface area contributed by atoms with Crippen LogP contribution in [0.5, 0.6) is 0 Å². The molecule has 0 aromatic heterocycles. The predicted octanol–water partition coefficient (Wildman–Crippen LogP) is 5.03. The lowest BCUT2D eigenvalue weighted by atomic mass is 10.0. The maximum atomic E-state index is 13.3. The van der Waals surface area contributed by atoms with E-state index in [1.54, 1.807) is 0 Å². The fraction of sp³-hybridized carbons (Fsp3) is 0.105. The molecule has 1 aliphatic heterocycles. The average molecular weight is 364 g/mol. The fourth-order valence-electron chi connectivity index (χ4n) is 2.43. The van der Waals surface area contributed by atoms with Gasteiger partial charge in [-0.2, -0.15) is 11.8 Å². The molecule has 3 rings (SSSR count). The Hall–Kier alpha value is -2.34. The summed E-state index contributed by atoms with van der Waals surface area (Å²) < 4.78 is 52.6. The Morgan fingerprint density at radius 2 is 1.16 bits per heavy atom. The molecule has 0 spiro atoms. The zero-order chi connectivity index (χ0) is 18.0. The molecule has 0 atom stereocenters. The smallest absolute Gasteiger partial charge is 0.186 e. The molecule has 0 unspecified atom stereocenters. The van der Waals surface area contributed by atoms with Gasteiger partial charge in [0.2, 0.25) is 0 Å². The van der Waals surface area contributed by atoms with E-state index in [1.165, 1.54) is 36.0 Å². The monoisotopic (exact) mass is 364 g/mol. The third-order valence-electron chi connectivity index (χ3n) is 3.67. The van der Waals surface area contributed by atoms with E-state index in [0.29, 0.717) is 33.8 Å². The Morgan fingerprint density at radius 3 is 1.56 bits per heavy atom. The van der Waals surface area contributed by atoms with Gasteiger partial charge in [0.05, 0.1) is 0 Å². The number of ketones is 1. The van der Waals surface area contributed by atoms with Crippen molar-refractivity contribution in [3.63, 3.8) is 0 Å². The first-order valence-corrected chi connectivity index (χ1v) is 8.53. The minimum absolute atomic E-state index is 0.242. The number of Topliss-reactive ketones (excluding diaryl/α,β-unsaturated/α-hetero) is 1. The summed E-state index contributed by atoms with van der Waals surface area (Å²) in [6, 6.07) is 6.81. The van der Waals surface area contributed by atoms with Crippen LogP contribution in [0.2, 0.25) is 0 Å². The van der Waals surface area contributed by atoms with Gasteiger partial charge >= 0.3 is 0 Å². The van der Waals surface area contributed by atoms with Gasteiger partial charge in [-0.3, -0.25) is 4.79 Å². The molecule has 0 saturated carbocycles. The van der Waals surface area contributed by atoms with Crippen molar-refractivity contribution in [2.45, 2.75) is 0 Å². The first kappa shape index (κ1) is 17.5. The number of hydrogen-bond donors (Lipinski definition) is 0. The van der Waals surface area contributed by atoms with E-state index in [4.69, 9.17) is 0 Å². The molecule has 2 aromatic carbocycles. The van der Waals surface area contributed by atoms with Gasteiger partial charge < -0.3 is 0 Å². The van der Waals surface area contributed by atoms with Gasteiger partial charge in [0.1, 0.15) is 0 Å². The van der Waals surface area contributed by atoms with Crippen LogP contribution in [0.1, 0.15) is 11.1 Å². The molecular formula is C19H12F4OS. The summed E-state index contributed by atoms with van der Waals surface area (Å²) in [5.74, 6) is -3.24. The van der Waals surface area contributed by atoms with Crippen molar-refractivity contribution in [1.29, 1.82) is 0 Å². The Morgan fingerprint density at radius 1 is 0.720 bits per heavy atom. The molecule has 0 aliphatic carbocycles. The minimum Gasteiger partial charge on any atom is -0.289 e. The molecule has 0 bridgehead atoms. The minimum atomic E-state index is -0.984. The number of halogens is 4. The van der Waals surface area contributed by atoms with Crippen molar-refractivity contribution in [3.05, 3.63) is 81.9 Å². The van der Waals surface area contributed by atoms with Crippen LogP contribution >= 0.6 is 11.8 Å². The van der Waals surface area contributed by atoms with Crippen molar-refractivity contribution in [2.75, 3.05) is 11.5 Å². The highest BCUT2D eigenvalue weighted by Crippen LogP contribution is 2.27. The molecule has 1 fully saturated rings. The summed E-state index contributed by atoms with van der Waals surface area (Å²) >= 11 is 1.48. The normalized spacial score (nSPS) is 18.2. The van der Waals surface area contributed by atoms with Crippen LogP contribution < -0.4 is 0 Å². The van der Waals surface area contributed by atoms with Crippen molar-refractivity contribution >= 4 is 29.7 Å². The summed E-state index contributed by atoms with van der Waals surface area (Å²) in [7, 11) is 0. The highest BCUT2D eigenvalue weighted by molar-refractivity contribution is 7.99. The van der Waals surface area contributed by atoms with Crippen LogP contribution in [-0.2, 0) is 4.79 Å². The standard InChI is InChI=1S/C19H12F4OS/c20-15-3-1-11(7-17(15)22)5-13-9-25-10-14(19(13)24)6-12-2-4-16(21)18(23)8-12/h1-8H,9-10H2/b13-5+,14-6+. The van der Waals surface area contributed by atoms with Gasteiger partial charge in [-0.15, -0.1) is 0 Å². The van der Waals surface area contributed by atoms with E-state index in [1.807, 2.05) is 0 Å². The van der Waals surface area contributed by atoms with Crippen LogP contribution in [0, 0.1) is 23.3 Å². The second-order valence-corrected chi connectivity index (χ2v) is 6.49. The first-order chi connectivity index (χ1) is 11.9. The number of rotatable bonds is 2. The molecule has 1 aliphatic rings. The molecule has 25 heavy (non-hydrogen) atoms. The third-order valence-corrected chi connectivity index (χ3v) is 4.70. The van der Waals surface area contributed by atoms with Gasteiger partial charge in [-0.05, 0) is 47.5 Å². The van der Waals surface area contributed by atoms with Crippen molar-refractivity contribution < 1.29 is 22.4 Å². The molecule has 0 radical (unpaired) electrons. The molecular weight excluding hydrogens is 352 g/mol. The van der Waals surface area contributed by atoms with Gasteiger partial charge in [-0.1, -0.05) is 12.1 Å². The van der Waals surface area contributed by atoms with Crippen LogP contribution in [0.25, 0.3) is 12.2 Å². The molecule has 0 N–H and O–H groups in total. The average Bonchev–Trinajstić information content (AvgIpc) is 2.58. The lowest BCUT2D eigenvalue weighted by Crippen LogP contribution is -2.16. The summed E-state index contributed by atoms with van der Waals surface area (Å²) in [5, 5.41) is 0. The van der Waals surface area contributed by atoms with Crippen LogP contribution in [-0.4, -0.2) is 17.3 Å². The van der Waals surface area contributed by atoms with E-state index in [2.05, 4.69) is 0 Å². The Kier molecular flexibility index (Phi) is 5.08. The second-order valence-electron chi connectivity index (χ2n) is 5.51. The van der Waals surface area contributed by atoms with Crippen molar-refractivity contribution in [2.24, 2.45) is 0 Å². The van der Waals surface area contributed by atoms with Gasteiger partial charge in [-0.25, -0.2) is 17.6 Å². The number of benzene rings is 2. The summed E-state index contributed by atoms with van der Waals surface area (Å²) in [6.07, 6.45) is 3.02. The van der Waals surface area contributed by atoms with E-state index >= 15 is 0 Å². The zero-order valence-electron chi connectivity index (χ0n) is 12.9. The molecule has 1 nitrogen and oxygen atoms in total.